The van der Waals surface area contributed by atoms with E-state index in [1.165, 1.54) is 55.7 Å². The fourth-order valence-corrected chi connectivity index (χ4v) is 6.55. The standard InChI is InChI=1S/C40H35N3/c1-28-14-15-33(36-13-6-18-43-27-36)24-40(28)39-22-37(31-9-2-7-29(19-31)34-11-4-16-41-25-34)21-38(23-39)32-10-3-8-30(20-32)35-12-5-17-42-26-35/h2,4-9,11-13,15-22,24-28,39H,3,10,14,23H2,1H3. The van der Waals surface area contributed by atoms with Gasteiger partial charge in [0.25, 0.3) is 0 Å². The van der Waals surface area contributed by atoms with E-state index in [-0.39, 0.29) is 0 Å². The zero-order valence-corrected chi connectivity index (χ0v) is 24.5. The van der Waals surface area contributed by atoms with E-state index in [0.29, 0.717) is 11.8 Å². The van der Waals surface area contributed by atoms with Crippen LogP contribution in [0, 0.1) is 11.8 Å². The number of nitrogens with zero attached hydrogens (tertiary/aromatic N) is 3. The molecular weight excluding hydrogens is 522 g/mol. The highest BCUT2D eigenvalue weighted by Crippen LogP contribution is 2.43. The van der Waals surface area contributed by atoms with E-state index >= 15 is 0 Å². The van der Waals surface area contributed by atoms with E-state index in [4.69, 9.17) is 0 Å². The molecule has 1 aromatic carbocycles. The van der Waals surface area contributed by atoms with Crippen LogP contribution in [0.4, 0.5) is 0 Å². The average molecular weight is 558 g/mol. The Hall–Kier alpha value is -4.89. The molecule has 0 bridgehead atoms. The minimum atomic E-state index is 0.320. The molecule has 3 aliphatic rings. The summed E-state index contributed by atoms with van der Waals surface area (Å²) in [5.41, 5.74) is 14.2. The van der Waals surface area contributed by atoms with Crippen LogP contribution < -0.4 is 0 Å². The zero-order chi connectivity index (χ0) is 29.0. The van der Waals surface area contributed by atoms with Gasteiger partial charge in [-0.15, -0.1) is 0 Å². The lowest BCUT2D eigenvalue weighted by atomic mass is 9.73. The van der Waals surface area contributed by atoms with Crippen molar-refractivity contribution < 1.29 is 0 Å². The van der Waals surface area contributed by atoms with Gasteiger partial charge in [-0.1, -0.05) is 85.4 Å². The normalized spacial score (nSPS) is 20.2. The van der Waals surface area contributed by atoms with Crippen molar-refractivity contribution in [1.82, 2.24) is 15.0 Å². The van der Waals surface area contributed by atoms with Crippen LogP contribution in [0.25, 0.3) is 27.8 Å². The molecule has 43 heavy (non-hydrogen) atoms. The van der Waals surface area contributed by atoms with Gasteiger partial charge in [0, 0.05) is 48.7 Å². The first-order valence-electron chi connectivity index (χ1n) is 15.3. The van der Waals surface area contributed by atoms with Crippen LogP contribution >= 0.6 is 0 Å². The van der Waals surface area contributed by atoms with Crippen LogP contribution in [-0.4, -0.2) is 15.0 Å². The van der Waals surface area contributed by atoms with E-state index in [1.54, 1.807) is 0 Å². The lowest BCUT2D eigenvalue weighted by Crippen LogP contribution is -2.16. The van der Waals surface area contributed by atoms with Crippen LogP contribution in [0.1, 0.15) is 49.3 Å². The predicted octanol–water partition coefficient (Wildman–Crippen LogP) is 9.72. The Kier molecular flexibility index (Phi) is 7.62. The lowest BCUT2D eigenvalue weighted by molar-refractivity contribution is 0.582. The van der Waals surface area contributed by atoms with E-state index < -0.39 is 0 Å². The quantitative estimate of drug-likeness (QED) is 0.237. The number of hydrogen-bond donors (Lipinski definition) is 0. The molecular formula is C40H35N3. The molecule has 2 unspecified atom stereocenters. The van der Waals surface area contributed by atoms with Crippen molar-refractivity contribution in [2.45, 2.75) is 32.6 Å². The summed E-state index contributed by atoms with van der Waals surface area (Å²) >= 11 is 0. The van der Waals surface area contributed by atoms with E-state index in [0.717, 1.165) is 31.2 Å². The van der Waals surface area contributed by atoms with Crippen molar-refractivity contribution in [2.75, 3.05) is 0 Å². The molecule has 0 aliphatic heterocycles. The Morgan fingerprint density at radius 1 is 0.605 bits per heavy atom. The second-order valence-electron chi connectivity index (χ2n) is 11.7. The first kappa shape index (κ1) is 27.0. The van der Waals surface area contributed by atoms with E-state index in [9.17, 15) is 0 Å². The Balaban J connectivity index is 1.30. The van der Waals surface area contributed by atoms with Gasteiger partial charge in [0.15, 0.2) is 0 Å². The van der Waals surface area contributed by atoms with Crippen molar-refractivity contribution in [1.29, 1.82) is 0 Å². The van der Waals surface area contributed by atoms with Crippen LogP contribution in [0.3, 0.4) is 0 Å². The van der Waals surface area contributed by atoms with Crippen molar-refractivity contribution in [3.05, 3.63) is 168 Å². The van der Waals surface area contributed by atoms with Crippen molar-refractivity contribution in [3.63, 3.8) is 0 Å². The second kappa shape index (κ2) is 12.1. The van der Waals surface area contributed by atoms with Gasteiger partial charge in [0.1, 0.15) is 0 Å². The summed E-state index contributed by atoms with van der Waals surface area (Å²) in [5, 5.41) is 0. The molecule has 3 aromatic heterocycles. The Morgan fingerprint density at radius 3 is 1.93 bits per heavy atom. The van der Waals surface area contributed by atoms with Gasteiger partial charge >= 0.3 is 0 Å². The topological polar surface area (TPSA) is 38.7 Å². The SMILES string of the molecule is CC1CC=C(c2cccnc2)C=C1C1C=C(c2cccc(-c3cccnc3)c2)C=C(C2=CC(c3cccnc3)=CCC2)C1. The highest BCUT2D eigenvalue weighted by Gasteiger charge is 2.27. The molecule has 0 amide bonds. The number of aromatic nitrogens is 3. The largest absolute Gasteiger partial charge is 0.264 e. The number of allylic oxidation sites excluding steroid dienone is 12. The summed E-state index contributed by atoms with van der Waals surface area (Å²) < 4.78 is 0. The van der Waals surface area contributed by atoms with Crippen LogP contribution in [0.2, 0.25) is 0 Å². The molecule has 7 rings (SSSR count). The summed E-state index contributed by atoms with van der Waals surface area (Å²) in [4.78, 5) is 13.1. The number of rotatable bonds is 6. The number of benzene rings is 1. The molecule has 3 heteroatoms. The molecule has 3 aliphatic carbocycles. The highest BCUT2D eigenvalue weighted by atomic mass is 14.6. The van der Waals surface area contributed by atoms with Crippen LogP contribution in [-0.2, 0) is 0 Å². The molecule has 3 heterocycles. The molecule has 0 radical (unpaired) electrons. The third-order valence-electron chi connectivity index (χ3n) is 8.86. The minimum absolute atomic E-state index is 0.320. The third-order valence-corrected chi connectivity index (χ3v) is 8.86. The first-order valence-corrected chi connectivity index (χ1v) is 15.3. The van der Waals surface area contributed by atoms with Gasteiger partial charge < -0.3 is 0 Å². The summed E-state index contributed by atoms with van der Waals surface area (Å²) in [7, 11) is 0. The minimum Gasteiger partial charge on any atom is -0.264 e. The van der Waals surface area contributed by atoms with Gasteiger partial charge in [-0.25, -0.2) is 0 Å². The predicted molar refractivity (Wildman–Crippen MR) is 177 cm³/mol. The van der Waals surface area contributed by atoms with Crippen molar-refractivity contribution >= 4 is 16.7 Å². The van der Waals surface area contributed by atoms with Gasteiger partial charge in [-0.3, -0.25) is 15.0 Å². The summed E-state index contributed by atoms with van der Waals surface area (Å²) in [6.45, 7) is 2.38. The van der Waals surface area contributed by atoms with Gasteiger partial charge in [-0.2, -0.15) is 0 Å². The van der Waals surface area contributed by atoms with Crippen molar-refractivity contribution in [3.8, 4) is 11.1 Å². The van der Waals surface area contributed by atoms with E-state index in [1.807, 2.05) is 55.4 Å². The third kappa shape index (κ3) is 5.89. The number of pyridine rings is 3. The van der Waals surface area contributed by atoms with Gasteiger partial charge in [-0.05, 0) is 106 Å². The monoisotopic (exact) mass is 557 g/mol. The maximum atomic E-state index is 4.39. The molecule has 0 N–H and O–H groups in total. The lowest BCUT2D eigenvalue weighted by Gasteiger charge is -2.31. The first-order chi connectivity index (χ1) is 21.2. The van der Waals surface area contributed by atoms with Crippen LogP contribution in [0.5, 0.6) is 0 Å². The molecule has 0 saturated heterocycles. The van der Waals surface area contributed by atoms with Gasteiger partial charge in [0.05, 0.1) is 0 Å². The second-order valence-corrected chi connectivity index (χ2v) is 11.7. The zero-order valence-electron chi connectivity index (χ0n) is 24.5. The van der Waals surface area contributed by atoms with Crippen molar-refractivity contribution in [2.24, 2.45) is 11.8 Å². The average Bonchev–Trinajstić information content (AvgIpc) is 3.09. The summed E-state index contributed by atoms with van der Waals surface area (Å²) in [6.07, 6.45) is 30.1. The fraction of sp³-hybridized carbons (Fsp3) is 0.175. The molecule has 0 saturated carbocycles. The Labute approximate surface area is 254 Å². The molecule has 0 spiro atoms. The Bertz CT molecular complexity index is 1810. The molecule has 2 atom stereocenters. The number of hydrogen-bond acceptors (Lipinski definition) is 3. The maximum absolute atomic E-state index is 4.39. The maximum Gasteiger partial charge on any atom is 0.0346 e. The van der Waals surface area contributed by atoms with Gasteiger partial charge in [0.2, 0.25) is 0 Å². The highest BCUT2D eigenvalue weighted by molar-refractivity contribution is 5.83. The summed E-state index contributed by atoms with van der Waals surface area (Å²) in [5.74, 6) is 0.802. The molecule has 210 valence electrons. The van der Waals surface area contributed by atoms with E-state index in [2.05, 4.69) is 101 Å². The molecule has 3 nitrogen and oxygen atoms in total. The molecule has 0 fully saturated rings. The molecule has 4 aromatic rings. The smallest absolute Gasteiger partial charge is 0.0346 e. The van der Waals surface area contributed by atoms with Crippen LogP contribution in [0.15, 0.2) is 151 Å². The fourth-order valence-electron chi connectivity index (χ4n) is 6.55. The summed E-state index contributed by atoms with van der Waals surface area (Å²) in [6, 6.07) is 21.4. The Morgan fingerprint density at radius 2 is 1.23 bits per heavy atom.